The third-order valence-corrected chi connectivity index (χ3v) is 8.67. The number of carbonyl (C=O) groups excluding carboxylic acids is 2. The third kappa shape index (κ3) is 6.23. The Labute approximate surface area is 289 Å². The molecule has 3 aliphatic heterocycles. The Hall–Kier alpha value is -4.76. The van der Waals surface area contributed by atoms with Crippen LogP contribution in [0.15, 0.2) is 42.5 Å². The second-order valence-electron chi connectivity index (χ2n) is 12.0. The summed E-state index contributed by atoms with van der Waals surface area (Å²) in [6.07, 6.45) is -4.49. The highest BCUT2D eigenvalue weighted by Gasteiger charge is 2.58. The van der Waals surface area contributed by atoms with Crippen LogP contribution < -0.4 is 28.4 Å². The lowest BCUT2D eigenvalue weighted by molar-refractivity contribution is -0.232. The molecule has 0 bridgehead atoms. The zero-order valence-corrected chi connectivity index (χ0v) is 29.1. The smallest absolute Gasteiger partial charge is 0.339 e. The summed E-state index contributed by atoms with van der Waals surface area (Å²) in [5, 5.41) is 0. The van der Waals surface area contributed by atoms with Crippen LogP contribution in [0.4, 0.5) is 0 Å². The quantitative estimate of drug-likeness (QED) is 0.273. The van der Waals surface area contributed by atoms with Gasteiger partial charge in [-0.25, -0.2) is 9.59 Å². The molecule has 3 aromatic rings. The number of methoxy groups -OCH3 is 6. The Morgan fingerprint density at radius 3 is 1.80 bits per heavy atom. The molecular formula is C36H40O14. The molecule has 3 aliphatic rings. The molecule has 0 saturated carbocycles. The highest BCUT2D eigenvalue weighted by Crippen LogP contribution is 2.54. The van der Waals surface area contributed by atoms with Gasteiger partial charge in [-0.05, 0) is 31.5 Å². The zero-order chi connectivity index (χ0) is 35.7. The summed E-state index contributed by atoms with van der Waals surface area (Å²) in [5.74, 6) is -1.82. The van der Waals surface area contributed by atoms with E-state index >= 15 is 0 Å². The largest absolute Gasteiger partial charge is 0.493 e. The first-order valence-corrected chi connectivity index (χ1v) is 15.8. The normalized spacial score (nSPS) is 23.8. The van der Waals surface area contributed by atoms with Crippen molar-refractivity contribution in [1.82, 2.24) is 0 Å². The van der Waals surface area contributed by atoms with Crippen molar-refractivity contribution in [3.05, 3.63) is 59.2 Å². The van der Waals surface area contributed by atoms with Crippen molar-refractivity contribution in [3.8, 4) is 45.6 Å². The van der Waals surface area contributed by atoms with Crippen LogP contribution in [0.5, 0.6) is 34.5 Å². The molecule has 0 unspecified atom stereocenters. The minimum Gasteiger partial charge on any atom is -0.493 e. The van der Waals surface area contributed by atoms with Gasteiger partial charge in [-0.1, -0.05) is 30.3 Å². The van der Waals surface area contributed by atoms with Gasteiger partial charge in [0.05, 0.1) is 60.4 Å². The van der Waals surface area contributed by atoms with Gasteiger partial charge in [-0.15, -0.1) is 0 Å². The molecule has 3 heterocycles. The van der Waals surface area contributed by atoms with E-state index in [0.29, 0.717) is 0 Å². The van der Waals surface area contributed by atoms with Gasteiger partial charge in [-0.3, -0.25) is 0 Å². The molecule has 50 heavy (non-hydrogen) atoms. The van der Waals surface area contributed by atoms with Gasteiger partial charge in [0.25, 0.3) is 0 Å². The summed E-state index contributed by atoms with van der Waals surface area (Å²) < 4.78 is 71.1. The second-order valence-corrected chi connectivity index (χ2v) is 12.0. The fourth-order valence-corrected chi connectivity index (χ4v) is 6.52. The second kappa shape index (κ2) is 14.2. The van der Waals surface area contributed by atoms with Gasteiger partial charge >= 0.3 is 11.9 Å². The average Bonchev–Trinajstić information content (AvgIpc) is 3.61. The van der Waals surface area contributed by atoms with E-state index in [4.69, 9.17) is 56.8 Å². The van der Waals surface area contributed by atoms with Crippen LogP contribution in [-0.2, 0) is 35.0 Å². The SMILES string of the molecule is COc1cc2c(c(OC)c1OC)-c1c(cc(OC)c(OC)c1OC)C(=O)O[C@@H]([C@H]1O[C@@H]3OC(C)(C)O[C@@H]3[C@H]1OCc1ccccc1)COC2=O. The minimum atomic E-state index is -1.19. The van der Waals surface area contributed by atoms with Crippen molar-refractivity contribution in [3.63, 3.8) is 0 Å². The number of ether oxygens (including phenoxy) is 12. The van der Waals surface area contributed by atoms with E-state index in [-0.39, 0.29) is 63.4 Å². The maximum absolute atomic E-state index is 14.5. The maximum atomic E-state index is 14.5. The Morgan fingerprint density at radius 1 is 0.700 bits per heavy atom. The molecule has 2 fully saturated rings. The van der Waals surface area contributed by atoms with E-state index in [0.717, 1.165) is 5.56 Å². The molecule has 14 nitrogen and oxygen atoms in total. The van der Waals surface area contributed by atoms with Crippen LogP contribution in [0, 0.1) is 0 Å². The van der Waals surface area contributed by atoms with E-state index in [9.17, 15) is 9.59 Å². The molecule has 0 radical (unpaired) electrons. The van der Waals surface area contributed by atoms with Gasteiger partial charge in [0.2, 0.25) is 11.5 Å². The first-order chi connectivity index (χ1) is 24.1. The molecule has 2 saturated heterocycles. The highest BCUT2D eigenvalue weighted by molar-refractivity contribution is 6.08. The molecule has 268 valence electrons. The van der Waals surface area contributed by atoms with Crippen LogP contribution >= 0.6 is 0 Å². The van der Waals surface area contributed by atoms with Crippen LogP contribution in [0.3, 0.4) is 0 Å². The molecular weight excluding hydrogens is 656 g/mol. The van der Waals surface area contributed by atoms with Crippen LogP contribution in [-0.4, -0.2) is 97.7 Å². The van der Waals surface area contributed by atoms with Crippen LogP contribution in [0.25, 0.3) is 11.1 Å². The molecule has 0 aromatic heterocycles. The van der Waals surface area contributed by atoms with Gasteiger partial charge in [0.1, 0.15) is 24.9 Å². The number of benzene rings is 3. The minimum absolute atomic E-state index is 0.0192. The highest BCUT2D eigenvalue weighted by atomic mass is 16.8. The number of esters is 2. The number of hydrogen-bond donors (Lipinski definition) is 0. The number of carbonyl (C=O) groups is 2. The lowest BCUT2D eigenvalue weighted by Gasteiger charge is -2.31. The van der Waals surface area contributed by atoms with Crippen molar-refractivity contribution in [2.45, 2.75) is 56.9 Å². The fraction of sp³-hybridized carbons (Fsp3) is 0.444. The Bertz CT molecular complexity index is 1740. The predicted octanol–water partition coefficient (Wildman–Crippen LogP) is 4.56. The summed E-state index contributed by atoms with van der Waals surface area (Å²) in [6.45, 7) is 3.32. The lowest BCUT2D eigenvalue weighted by Crippen LogP contribution is -2.46. The summed E-state index contributed by atoms with van der Waals surface area (Å²) in [7, 11) is 8.44. The van der Waals surface area contributed by atoms with Crippen molar-refractivity contribution in [2.24, 2.45) is 0 Å². The maximum Gasteiger partial charge on any atom is 0.339 e. The predicted molar refractivity (Wildman–Crippen MR) is 174 cm³/mol. The average molecular weight is 697 g/mol. The van der Waals surface area contributed by atoms with Gasteiger partial charge in [0.15, 0.2) is 41.2 Å². The van der Waals surface area contributed by atoms with Gasteiger partial charge in [-0.2, -0.15) is 0 Å². The molecule has 0 aliphatic carbocycles. The zero-order valence-electron chi connectivity index (χ0n) is 29.1. The van der Waals surface area contributed by atoms with Crippen LogP contribution in [0.1, 0.15) is 40.1 Å². The summed E-state index contributed by atoms with van der Waals surface area (Å²) in [4.78, 5) is 28.6. The third-order valence-electron chi connectivity index (χ3n) is 8.67. The number of hydrogen-bond acceptors (Lipinski definition) is 14. The molecule has 0 N–H and O–H groups in total. The van der Waals surface area contributed by atoms with E-state index in [1.165, 1.54) is 54.8 Å². The Kier molecular flexibility index (Phi) is 9.98. The number of fused-ring (bicyclic) bond motifs is 4. The van der Waals surface area contributed by atoms with Crippen LogP contribution in [0.2, 0.25) is 0 Å². The Balaban J connectivity index is 1.50. The van der Waals surface area contributed by atoms with E-state index in [1.54, 1.807) is 13.8 Å². The topological polar surface area (TPSA) is 145 Å². The molecule has 14 heteroatoms. The first-order valence-electron chi connectivity index (χ1n) is 15.8. The number of rotatable bonds is 10. The van der Waals surface area contributed by atoms with Crippen molar-refractivity contribution < 1.29 is 66.4 Å². The van der Waals surface area contributed by atoms with Crippen molar-refractivity contribution in [2.75, 3.05) is 49.3 Å². The van der Waals surface area contributed by atoms with Gasteiger partial charge < -0.3 is 56.8 Å². The summed E-state index contributed by atoms with van der Waals surface area (Å²) >= 11 is 0. The first kappa shape index (κ1) is 35.1. The number of cyclic esters (lactones) is 2. The van der Waals surface area contributed by atoms with E-state index < -0.39 is 55.0 Å². The molecule has 0 amide bonds. The monoisotopic (exact) mass is 696 g/mol. The summed E-state index contributed by atoms with van der Waals surface area (Å²) in [6, 6.07) is 12.4. The molecule has 6 rings (SSSR count). The molecule has 3 aromatic carbocycles. The van der Waals surface area contributed by atoms with E-state index in [2.05, 4.69) is 0 Å². The van der Waals surface area contributed by atoms with Crippen molar-refractivity contribution in [1.29, 1.82) is 0 Å². The molecule has 5 atom stereocenters. The van der Waals surface area contributed by atoms with Crippen molar-refractivity contribution >= 4 is 11.9 Å². The standard InChI is InChI=1S/C36H40O14/c1-36(2)49-32-31(45-16-18-12-10-9-11-13-18)28(48-35(32)50-36)23-17-46-33(37)19-14-21(39-3)26(41-5)29(43-7)24(19)25-20(34(38)47-23)15-22(40-4)27(42-6)30(25)44-8/h9-15,23,28,31-32,35H,16-17H2,1-8H3/t23-,28-,31+,32-,35-/m1/s1. The fourth-order valence-electron chi connectivity index (χ4n) is 6.52. The molecule has 0 spiro atoms. The van der Waals surface area contributed by atoms with Gasteiger partial charge in [0, 0.05) is 11.1 Å². The lowest BCUT2D eigenvalue weighted by atomic mass is 9.91. The van der Waals surface area contributed by atoms with E-state index in [1.807, 2.05) is 30.3 Å². The summed E-state index contributed by atoms with van der Waals surface area (Å²) in [5.41, 5.74) is 1.04. The Morgan fingerprint density at radius 2 is 1.26 bits per heavy atom.